The van der Waals surface area contributed by atoms with Gasteiger partial charge in [-0.1, -0.05) is 58.5 Å². The maximum Gasteiger partial charge on any atom is 0.111 e. The largest absolute Gasteiger partial charge is 0.345 e. The third-order valence-corrected chi connectivity index (χ3v) is 4.72. The number of H-pyrrole nitrogens is 1. The molecule has 0 spiro atoms. The molecule has 0 aliphatic heterocycles. The Morgan fingerprint density at radius 2 is 1.65 bits per heavy atom. The van der Waals surface area contributed by atoms with Crippen LogP contribution in [0.25, 0.3) is 11.3 Å². The lowest BCUT2D eigenvalue weighted by Gasteiger charge is -2.04. The highest BCUT2D eigenvalue weighted by atomic mass is 35.5. The molecule has 0 aliphatic rings. The molecule has 0 aliphatic carbocycles. The van der Waals surface area contributed by atoms with Crippen LogP contribution in [0, 0.1) is 6.92 Å². The summed E-state index contributed by atoms with van der Waals surface area (Å²) in [7, 11) is 0. The summed E-state index contributed by atoms with van der Waals surface area (Å²) >= 11 is 24.7. The maximum absolute atomic E-state index is 6.27. The van der Waals surface area contributed by atoms with E-state index in [2.05, 4.69) is 9.97 Å². The second kappa shape index (κ2) is 6.74. The number of aromatic nitrogens is 2. The Hall–Kier alpha value is -1.19. The number of imidazole rings is 1. The molecule has 0 fully saturated rings. The van der Waals surface area contributed by atoms with Gasteiger partial charge in [0, 0.05) is 27.7 Å². The van der Waals surface area contributed by atoms with Gasteiger partial charge in [0.25, 0.3) is 0 Å². The highest BCUT2D eigenvalue weighted by Crippen LogP contribution is 2.35. The molecule has 0 radical (unpaired) electrons. The maximum atomic E-state index is 6.27. The van der Waals surface area contributed by atoms with E-state index in [4.69, 9.17) is 46.4 Å². The van der Waals surface area contributed by atoms with Crippen molar-refractivity contribution in [2.75, 3.05) is 0 Å². The molecule has 1 aromatic heterocycles. The fourth-order valence-electron chi connectivity index (χ4n) is 2.42. The van der Waals surface area contributed by atoms with E-state index >= 15 is 0 Å². The zero-order valence-electron chi connectivity index (χ0n) is 12.1. The molecule has 3 rings (SSSR count). The van der Waals surface area contributed by atoms with Crippen LogP contribution in [0.3, 0.4) is 0 Å². The predicted molar refractivity (Wildman–Crippen MR) is 98.0 cm³/mol. The van der Waals surface area contributed by atoms with Gasteiger partial charge in [0.15, 0.2) is 0 Å². The van der Waals surface area contributed by atoms with Crippen LogP contribution in [0.15, 0.2) is 36.4 Å². The van der Waals surface area contributed by atoms with Gasteiger partial charge in [-0.05, 0) is 36.8 Å². The van der Waals surface area contributed by atoms with Gasteiger partial charge < -0.3 is 4.98 Å². The van der Waals surface area contributed by atoms with Crippen LogP contribution >= 0.6 is 46.4 Å². The molecule has 0 atom stereocenters. The highest BCUT2D eigenvalue weighted by molar-refractivity contribution is 6.39. The van der Waals surface area contributed by atoms with Crippen LogP contribution in [-0.4, -0.2) is 9.97 Å². The van der Waals surface area contributed by atoms with E-state index in [1.165, 1.54) is 0 Å². The molecule has 0 bridgehead atoms. The van der Waals surface area contributed by atoms with Crippen LogP contribution in [-0.2, 0) is 6.42 Å². The second-order valence-electron chi connectivity index (χ2n) is 5.17. The van der Waals surface area contributed by atoms with E-state index in [1.54, 1.807) is 18.2 Å². The molecule has 2 nitrogen and oxygen atoms in total. The van der Waals surface area contributed by atoms with Gasteiger partial charge in [0.1, 0.15) is 5.82 Å². The number of halogens is 4. The number of aryl methyl sites for hydroxylation is 1. The quantitative estimate of drug-likeness (QED) is 0.541. The van der Waals surface area contributed by atoms with Crippen LogP contribution in [0.1, 0.15) is 17.1 Å². The lowest BCUT2D eigenvalue weighted by Crippen LogP contribution is -1.92. The van der Waals surface area contributed by atoms with Gasteiger partial charge >= 0.3 is 0 Å². The predicted octanol–water partition coefficient (Wildman–Crippen LogP) is 6.59. The van der Waals surface area contributed by atoms with Gasteiger partial charge in [-0.15, -0.1) is 0 Å². The molecule has 0 amide bonds. The number of hydrogen-bond donors (Lipinski definition) is 1. The Bertz CT molecular complexity index is 851. The van der Waals surface area contributed by atoms with E-state index < -0.39 is 0 Å². The van der Waals surface area contributed by atoms with Crippen molar-refractivity contribution in [3.05, 3.63) is 73.6 Å². The number of aromatic amines is 1. The molecular weight excluding hydrogens is 374 g/mol. The smallest absolute Gasteiger partial charge is 0.111 e. The molecule has 2 aromatic carbocycles. The number of nitrogens with zero attached hydrogens (tertiary/aromatic N) is 1. The summed E-state index contributed by atoms with van der Waals surface area (Å²) in [4.78, 5) is 7.91. The summed E-state index contributed by atoms with van der Waals surface area (Å²) in [6, 6.07) is 10.8. The minimum absolute atomic E-state index is 0.568. The highest BCUT2D eigenvalue weighted by Gasteiger charge is 2.16. The third-order valence-electron chi connectivity index (χ3n) is 3.51. The third kappa shape index (κ3) is 3.51. The summed E-state index contributed by atoms with van der Waals surface area (Å²) in [5.74, 6) is 0.790. The Kier molecular flexibility index (Phi) is 4.88. The minimum atomic E-state index is 0.568. The molecule has 3 aromatic rings. The molecule has 0 saturated carbocycles. The van der Waals surface area contributed by atoms with Gasteiger partial charge in [-0.2, -0.15) is 0 Å². The first-order valence-electron chi connectivity index (χ1n) is 6.89. The van der Waals surface area contributed by atoms with Crippen LogP contribution in [0.5, 0.6) is 0 Å². The minimum Gasteiger partial charge on any atom is -0.345 e. The normalized spacial score (nSPS) is 11.0. The standard InChI is InChI=1S/C17H12Cl4N2/c1-9-17(16-12(19)3-2-4-13(16)20)23-15(22-9)7-10-5-6-11(18)8-14(10)21/h2-6,8H,7H2,1H3,(H,22,23). The van der Waals surface area contributed by atoms with Crippen LogP contribution in [0.4, 0.5) is 0 Å². The number of nitrogens with one attached hydrogen (secondary N) is 1. The average molecular weight is 386 g/mol. The molecular formula is C17H12Cl4N2. The lowest BCUT2D eigenvalue weighted by atomic mass is 10.1. The van der Waals surface area contributed by atoms with E-state index in [0.29, 0.717) is 26.5 Å². The van der Waals surface area contributed by atoms with Crippen molar-refractivity contribution >= 4 is 46.4 Å². The van der Waals surface area contributed by atoms with Crippen LogP contribution < -0.4 is 0 Å². The van der Waals surface area contributed by atoms with Gasteiger partial charge in [0.2, 0.25) is 0 Å². The van der Waals surface area contributed by atoms with Gasteiger partial charge in [-0.3, -0.25) is 0 Å². The van der Waals surface area contributed by atoms with Crippen molar-refractivity contribution in [3.8, 4) is 11.3 Å². The van der Waals surface area contributed by atoms with Gasteiger partial charge in [-0.25, -0.2) is 4.98 Å². The molecule has 23 heavy (non-hydrogen) atoms. The summed E-state index contributed by atoms with van der Waals surface area (Å²) in [5.41, 5.74) is 3.33. The molecule has 118 valence electrons. The van der Waals surface area contributed by atoms with Gasteiger partial charge in [0.05, 0.1) is 15.7 Å². The van der Waals surface area contributed by atoms with Crippen molar-refractivity contribution in [2.45, 2.75) is 13.3 Å². The van der Waals surface area contributed by atoms with E-state index in [0.717, 1.165) is 28.3 Å². The molecule has 6 heteroatoms. The summed E-state index contributed by atoms with van der Waals surface area (Å²) < 4.78 is 0. The van der Waals surface area contributed by atoms with Crippen LogP contribution in [0.2, 0.25) is 20.1 Å². The molecule has 1 heterocycles. The zero-order valence-corrected chi connectivity index (χ0v) is 15.2. The molecule has 0 unspecified atom stereocenters. The SMILES string of the molecule is Cc1[nH]c(Cc2ccc(Cl)cc2Cl)nc1-c1c(Cl)cccc1Cl. The number of rotatable bonds is 3. The Morgan fingerprint density at radius 3 is 2.30 bits per heavy atom. The number of benzene rings is 2. The zero-order chi connectivity index (χ0) is 16.6. The summed E-state index contributed by atoms with van der Waals surface area (Å²) in [5, 5.41) is 2.37. The average Bonchev–Trinajstić information content (AvgIpc) is 2.83. The van der Waals surface area contributed by atoms with E-state index in [9.17, 15) is 0 Å². The van der Waals surface area contributed by atoms with E-state index in [-0.39, 0.29) is 0 Å². The Morgan fingerprint density at radius 1 is 0.957 bits per heavy atom. The van der Waals surface area contributed by atoms with Crippen molar-refractivity contribution in [2.24, 2.45) is 0 Å². The monoisotopic (exact) mass is 384 g/mol. The second-order valence-corrected chi connectivity index (χ2v) is 6.82. The summed E-state index contributed by atoms with van der Waals surface area (Å²) in [6.45, 7) is 1.94. The van der Waals surface area contributed by atoms with Crippen molar-refractivity contribution in [3.63, 3.8) is 0 Å². The first-order chi connectivity index (χ1) is 11.0. The van der Waals surface area contributed by atoms with E-state index in [1.807, 2.05) is 25.1 Å². The molecule has 1 N–H and O–H groups in total. The van der Waals surface area contributed by atoms with Crippen molar-refractivity contribution < 1.29 is 0 Å². The first-order valence-corrected chi connectivity index (χ1v) is 8.40. The molecule has 0 saturated heterocycles. The fraction of sp³-hybridized carbons (Fsp3) is 0.118. The Balaban J connectivity index is 1.98. The fourth-order valence-corrected chi connectivity index (χ4v) is 3.47. The number of hydrogen-bond acceptors (Lipinski definition) is 1. The van der Waals surface area contributed by atoms with Crippen molar-refractivity contribution in [1.82, 2.24) is 9.97 Å². The summed E-state index contributed by atoms with van der Waals surface area (Å²) in [6.07, 6.45) is 0.568. The topological polar surface area (TPSA) is 28.7 Å². The first kappa shape index (κ1) is 16.7. The lowest BCUT2D eigenvalue weighted by molar-refractivity contribution is 1.02. The Labute approximate surface area is 154 Å². The van der Waals surface area contributed by atoms with Crippen molar-refractivity contribution in [1.29, 1.82) is 0 Å².